The number of rotatable bonds is 9. The second-order valence-electron chi connectivity index (χ2n) is 7.79. The third-order valence-corrected chi connectivity index (χ3v) is 9.49. The summed E-state index contributed by atoms with van der Waals surface area (Å²) in [6.07, 6.45) is 6.14. The molecule has 0 spiro atoms. The van der Waals surface area contributed by atoms with Gasteiger partial charge in [-0.3, -0.25) is 4.84 Å². The van der Waals surface area contributed by atoms with Gasteiger partial charge in [0.05, 0.1) is 12.6 Å². The van der Waals surface area contributed by atoms with Crippen molar-refractivity contribution in [1.82, 2.24) is 10.8 Å². The first kappa shape index (κ1) is 20.6. The van der Waals surface area contributed by atoms with Gasteiger partial charge in [0, 0.05) is 19.2 Å². The lowest BCUT2D eigenvalue weighted by Gasteiger charge is -2.37. The van der Waals surface area contributed by atoms with Crippen LogP contribution in [0.3, 0.4) is 0 Å². The van der Waals surface area contributed by atoms with E-state index in [1.54, 1.807) is 6.08 Å². The summed E-state index contributed by atoms with van der Waals surface area (Å²) in [6.45, 7) is 19.6. The van der Waals surface area contributed by atoms with Crippen LogP contribution in [0.25, 0.3) is 0 Å². The predicted octanol–water partition coefficient (Wildman–Crippen LogP) is 3.78. The molecule has 0 fully saturated rings. The van der Waals surface area contributed by atoms with Crippen LogP contribution >= 0.6 is 0 Å². The summed E-state index contributed by atoms with van der Waals surface area (Å²) >= 11 is 0. The SMILES string of the molecule is C=CCON[C@@H]1C=C(CCO[Si](C)(C)C(C)(C)C)[C@@H](CC)NC1. The van der Waals surface area contributed by atoms with Gasteiger partial charge in [0.15, 0.2) is 8.32 Å². The highest BCUT2D eigenvalue weighted by Gasteiger charge is 2.37. The molecular formula is C18H36N2O2Si. The third kappa shape index (κ3) is 6.51. The molecule has 4 nitrogen and oxygen atoms in total. The molecule has 1 aliphatic heterocycles. The first-order chi connectivity index (χ1) is 10.7. The lowest BCUT2D eigenvalue weighted by Crippen LogP contribution is -2.47. The van der Waals surface area contributed by atoms with Gasteiger partial charge in [-0.05, 0) is 31.0 Å². The van der Waals surface area contributed by atoms with Gasteiger partial charge in [0.2, 0.25) is 0 Å². The van der Waals surface area contributed by atoms with Crippen LogP contribution in [-0.4, -0.2) is 40.2 Å². The Hall–Kier alpha value is -0.463. The van der Waals surface area contributed by atoms with E-state index in [1.807, 2.05) is 0 Å². The molecule has 2 N–H and O–H groups in total. The van der Waals surface area contributed by atoms with E-state index < -0.39 is 8.32 Å². The Morgan fingerprint density at radius 2 is 2.13 bits per heavy atom. The Labute approximate surface area is 143 Å². The second-order valence-corrected chi connectivity index (χ2v) is 12.6. The van der Waals surface area contributed by atoms with Crippen molar-refractivity contribution in [3.05, 3.63) is 24.3 Å². The topological polar surface area (TPSA) is 42.5 Å². The molecule has 0 radical (unpaired) electrons. The maximum absolute atomic E-state index is 6.33. The molecule has 0 bridgehead atoms. The third-order valence-electron chi connectivity index (χ3n) is 4.95. The monoisotopic (exact) mass is 340 g/mol. The zero-order chi connectivity index (χ0) is 17.5. The normalized spacial score (nSPS) is 22.8. The number of nitrogens with one attached hydrogen (secondary N) is 2. The Morgan fingerprint density at radius 1 is 1.43 bits per heavy atom. The molecular weight excluding hydrogens is 304 g/mol. The van der Waals surface area contributed by atoms with E-state index >= 15 is 0 Å². The molecule has 0 amide bonds. The average molecular weight is 341 g/mol. The lowest BCUT2D eigenvalue weighted by atomic mass is 9.95. The van der Waals surface area contributed by atoms with Crippen molar-refractivity contribution < 1.29 is 9.26 Å². The zero-order valence-corrected chi connectivity index (χ0v) is 16.9. The first-order valence-corrected chi connectivity index (χ1v) is 11.7. The van der Waals surface area contributed by atoms with Crippen molar-refractivity contribution in [2.45, 2.75) is 70.8 Å². The van der Waals surface area contributed by atoms with Gasteiger partial charge >= 0.3 is 0 Å². The molecule has 0 aromatic rings. The smallest absolute Gasteiger partial charge is 0.191 e. The standard InChI is InChI=1S/C18H36N2O2Si/c1-8-11-21-20-16-13-15(17(9-2)19-14-16)10-12-22-23(6,7)18(3,4)5/h8,13,16-17,19-20H,1,9-12,14H2,2-7H3/t16-,17-/m1/s1. The first-order valence-electron chi connectivity index (χ1n) is 8.77. The molecule has 0 aromatic heterocycles. The molecule has 0 saturated heterocycles. The summed E-state index contributed by atoms with van der Waals surface area (Å²) in [5, 5.41) is 3.86. The van der Waals surface area contributed by atoms with Crippen LogP contribution in [-0.2, 0) is 9.26 Å². The molecule has 0 unspecified atom stereocenters. The molecule has 1 heterocycles. The minimum absolute atomic E-state index is 0.209. The van der Waals surface area contributed by atoms with E-state index in [-0.39, 0.29) is 11.1 Å². The highest BCUT2D eigenvalue weighted by atomic mass is 28.4. The minimum atomic E-state index is -1.66. The van der Waals surface area contributed by atoms with Crippen LogP contribution < -0.4 is 10.8 Å². The summed E-state index contributed by atoms with van der Waals surface area (Å²) in [7, 11) is -1.66. The maximum atomic E-state index is 6.33. The molecule has 134 valence electrons. The van der Waals surface area contributed by atoms with Crippen LogP contribution in [0.15, 0.2) is 24.3 Å². The predicted molar refractivity (Wildman–Crippen MR) is 101 cm³/mol. The van der Waals surface area contributed by atoms with Gasteiger partial charge in [-0.1, -0.05) is 45.4 Å². The van der Waals surface area contributed by atoms with Crippen LogP contribution in [0.2, 0.25) is 18.1 Å². The van der Waals surface area contributed by atoms with Gasteiger partial charge in [0.25, 0.3) is 0 Å². The van der Waals surface area contributed by atoms with Crippen molar-refractivity contribution in [1.29, 1.82) is 0 Å². The van der Waals surface area contributed by atoms with Gasteiger partial charge < -0.3 is 9.74 Å². The highest BCUT2D eigenvalue weighted by Crippen LogP contribution is 2.36. The van der Waals surface area contributed by atoms with Gasteiger partial charge in [-0.25, -0.2) is 0 Å². The Bertz CT molecular complexity index is 402. The van der Waals surface area contributed by atoms with E-state index in [0.717, 1.165) is 26.0 Å². The molecule has 1 aliphatic rings. The summed E-state index contributed by atoms with van der Waals surface area (Å²) in [6, 6.07) is 0.663. The second kappa shape index (κ2) is 9.13. The molecule has 2 atom stereocenters. The largest absolute Gasteiger partial charge is 0.417 e. The lowest BCUT2D eigenvalue weighted by molar-refractivity contribution is 0.0441. The van der Waals surface area contributed by atoms with E-state index in [2.05, 4.69) is 64.2 Å². The summed E-state index contributed by atoms with van der Waals surface area (Å²) in [4.78, 5) is 5.37. The Morgan fingerprint density at radius 3 is 2.70 bits per heavy atom. The van der Waals surface area contributed by atoms with Crippen molar-refractivity contribution in [2.75, 3.05) is 19.8 Å². The van der Waals surface area contributed by atoms with Crippen LogP contribution in [0, 0.1) is 0 Å². The van der Waals surface area contributed by atoms with E-state index in [1.165, 1.54) is 5.57 Å². The van der Waals surface area contributed by atoms with Crippen LogP contribution in [0.4, 0.5) is 0 Å². The van der Waals surface area contributed by atoms with E-state index in [4.69, 9.17) is 9.26 Å². The summed E-state index contributed by atoms with van der Waals surface area (Å²) in [5.74, 6) is 0. The van der Waals surface area contributed by atoms with E-state index in [9.17, 15) is 0 Å². The van der Waals surface area contributed by atoms with Gasteiger partial charge in [-0.2, -0.15) is 5.48 Å². The molecule has 1 rings (SSSR count). The van der Waals surface area contributed by atoms with Crippen LogP contribution in [0.1, 0.15) is 40.5 Å². The maximum Gasteiger partial charge on any atom is 0.191 e. The number of hydroxylamine groups is 1. The Balaban J connectivity index is 2.57. The minimum Gasteiger partial charge on any atom is -0.417 e. The fraction of sp³-hybridized carbons (Fsp3) is 0.778. The fourth-order valence-corrected chi connectivity index (χ4v) is 3.47. The van der Waals surface area contributed by atoms with Crippen molar-refractivity contribution in [2.24, 2.45) is 0 Å². The molecule has 0 saturated carbocycles. The van der Waals surface area contributed by atoms with Gasteiger partial charge in [-0.15, -0.1) is 6.58 Å². The molecule has 23 heavy (non-hydrogen) atoms. The summed E-state index contributed by atoms with van der Waals surface area (Å²) in [5.41, 5.74) is 4.51. The van der Waals surface area contributed by atoms with E-state index in [0.29, 0.717) is 12.6 Å². The van der Waals surface area contributed by atoms with Crippen LogP contribution in [0.5, 0.6) is 0 Å². The van der Waals surface area contributed by atoms with Crippen molar-refractivity contribution in [3.63, 3.8) is 0 Å². The average Bonchev–Trinajstić information content (AvgIpc) is 2.46. The van der Waals surface area contributed by atoms with Crippen molar-refractivity contribution in [3.8, 4) is 0 Å². The van der Waals surface area contributed by atoms with Crippen molar-refractivity contribution >= 4 is 8.32 Å². The van der Waals surface area contributed by atoms with Gasteiger partial charge in [0.1, 0.15) is 0 Å². The molecule has 0 aromatic carbocycles. The fourth-order valence-electron chi connectivity index (χ4n) is 2.43. The molecule has 5 heteroatoms. The Kier molecular flexibility index (Phi) is 8.17. The quantitative estimate of drug-likeness (QED) is 0.290. The summed E-state index contributed by atoms with van der Waals surface area (Å²) < 4.78 is 6.33. The molecule has 0 aliphatic carbocycles. The zero-order valence-electron chi connectivity index (χ0n) is 15.9. The highest BCUT2D eigenvalue weighted by molar-refractivity contribution is 6.74. The number of hydrogen-bond donors (Lipinski definition) is 2. The number of hydrogen-bond acceptors (Lipinski definition) is 4.